The molecule has 23 heavy (non-hydrogen) atoms. The summed E-state index contributed by atoms with van der Waals surface area (Å²) < 4.78 is 5.14. The van der Waals surface area contributed by atoms with Gasteiger partial charge in [-0.15, -0.1) is 11.3 Å². The molecule has 7 heteroatoms. The molecule has 0 radical (unpaired) electrons. The highest BCUT2D eigenvalue weighted by atomic mass is 35.5. The first-order valence-corrected chi connectivity index (χ1v) is 8.54. The number of fused-ring (bicyclic) bond motifs is 1. The molecule has 120 valence electrons. The maximum Gasteiger partial charge on any atom is 0.341 e. The van der Waals surface area contributed by atoms with Gasteiger partial charge in [0.2, 0.25) is 0 Å². The number of thiophene rings is 1. The lowest BCUT2D eigenvalue weighted by atomic mass is 10.1. The third-order valence-corrected chi connectivity index (χ3v) is 5.14. The van der Waals surface area contributed by atoms with Crippen LogP contribution in [0.1, 0.15) is 44.5 Å². The Kier molecular flexibility index (Phi) is 4.63. The van der Waals surface area contributed by atoms with Crippen LogP contribution in [-0.2, 0) is 17.6 Å². The first-order chi connectivity index (χ1) is 11.1. The van der Waals surface area contributed by atoms with Crippen molar-refractivity contribution in [1.29, 1.82) is 0 Å². The molecule has 1 amide bonds. The normalized spacial score (nSPS) is 12.8. The summed E-state index contributed by atoms with van der Waals surface area (Å²) in [5.74, 6) is -0.770. The Morgan fingerprint density at radius 2 is 2.26 bits per heavy atom. The number of pyridine rings is 1. The molecule has 0 bridgehead atoms. The van der Waals surface area contributed by atoms with E-state index in [1.807, 2.05) is 0 Å². The lowest BCUT2D eigenvalue weighted by molar-refractivity contribution is 0.0527. The van der Waals surface area contributed by atoms with Crippen molar-refractivity contribution in [3.63, 3.8) is 0 Å². The Hall–Kier alpha value is -1.92. The van der Waals surface area contributed by atoms with Gasteiger partial charge in [0.25, 0.3) is 5.91 Å². The second kappa shape index (κ2) is 6.68. The van der Waals surface area contributed by atoms with E-state index in [4.69, 9.17) is 16.3 Å². The van der Waals surface area contributed by atoms with Gasteiger partial charge >= 0.3 is 5.97 Å². The number of esters is 1. The van der Waals surface area contributed by atoms with Gasteiger partial charge in [0.1, 0.15) is 10.2 Å². The van der Waals surface area contributed by atoms with Gasteiger partial charge in [-0.25, -0.2) is 9.78 Å². The van der Waals surface area contributed by atoms with Gasteiger partial charge in [0, 0.05) is 11.1 Å². The molecule has 0 fully saturated rings. The van der Waals surface area contributed by atoms with Gasteiger partial charge in [-0.05, 0) is 43.9 Å². The number of halogens is 1. The number of anilines is 1. The number of amides is 1. The molecule has 2 heterocycles. The van der Waals surface area contributed by atoms with Crippen molar-refractivity contribution in [2.24, 2.45) is 0 Å². The minimum atomic E-state index is -0.389. The first kappa shape index (κ1) is 16.0. The van der Waals surface area contributed by atoms with Crippen LogP contribution in [0.3, 0.4) is 0 Å². The Balaban J connectivity index is 1.93. The average molecular weight is 351 g/mol. The van der Waals surface area contributed by atoms with E-state index in [0.717, 1.165) is 29.7 Å². The molecular formula is C16H15ClN2O3S. The van der Waals surface area contributed by atoms with E-state index in [-0.39, 0.29) is 22.6 Å². The Morgan fingerprint density at radius 1 is 1.43 bits per heavy atom. The molecule has 1 aliphatic carbocycles. The first-order valence-electron chi connectivity index (χ1n) is 7.35. The highest BCUT2D eigenvalue weighted by Gasteiger charge is 2.28. The summed E-state index contributed by atoms with van der Waals surface area (Å²) in [5.41, 5.74) is 1.76. The standard InChI is InChI=1S/C16H15ClN2O3S/c1-2-22-16(21)12-9-5-3-7-11(9)23-15(12)19-14(20)10-6-4-8-18-13(10)17/h4,6,8H,2-3,5,7H2,1H3,(H,19,20). The molecule has 5 nitrogen and oxygen atoms in total. The molecule has 0 saturated heterocycles. The maximum atomic E-state index is 12.4. The second-order valence-corrected chi connectivity index (χ2v) is 6.54. The number of rotatable bonds is 4. The van der Waals surface area contributed by atoms with Crippen LogP contribution in [0.25, 0.3) is 0 Å². The molecule has 1 aliphatic rings. The molecule has 3 rings (SSSR count). The zero-order chi connectivity index (χ0) is 16.4. The van der Waals surface area contributed by atoms with Crippen molar-refractivity contribution >= 4 is 39.8 Å². The number of aryl methyl sites for hydroxylation is 1. The lowest BCUT2D eigenvalue weighted by Crippen LogP contribution is -2.15. The monoisotopic (exact) mass is 350 g/mol. The molecule has 0 aromatic carbocycles. The molecule has 0 spiro atoms. The molecule has 0 unspecified atom stereocenters. The topological polar surface area (TPSA) is 68.3 Å². The van der Waals surface area contributed by atoms with Crippen molar-refractivity contribution in [1.82, 2.24) is 4.98 Å². The van der Waals surface area contributed by atoms with E-state index >= 15 is 0 Å². The maximum absolute atomic E-state index is 12.4. The van der Waals surface area contributed by atoms with Crippen molar-refractivity contribution in [3.8, 4) is 0 Å². The summed E-state index contributed by atoms with van der Waals surface area (Å²) in [4.78, 5) is 29.7. The Bertz CT molecular complexity index is 773. The Morgan fingerprint density at radius 3 is 3.00 bits per heavy atom. The largest absolute Gasteiger partial charge is 0.462 e. The highest BCUT2D eigenvalue weighted by molar-refractivity contribution is 7.17. The fraction of sp³-hybridized carbons (Fsp3) is 0.312. The summed E-state index contributed by atoms with van der Waals surface area (Å²) in [5, 5.41) is 3.45. The van der Waals surface area contributed by atoms with Crippen LogP contribution >= 0.6 is 22.9 Å². The van der Waals surface area contributed by atoms with Crippen LogP contribution in [0.5, 0.6) is 0 Å². The summed E-state index contributed by atoms with van der Waals surface area (Å²) in [6.07, 6.45) is 4.30. The Labute approximate surface area is 142 Å². The number of hydrogen-bond acceptors (Lipinski definition) is 5. The molecule has 0 aliphatic heterocycles. The number of carbonyl (C=O) groups excluding carboxylic acids is 2. The van der Waals surface area contributed by atoms with E-state index in [1.165, 1.54) is 17.5 Å². The van der Waals surface area contributed by atoms with Gasteiger partial charge < -0.3 is 10.1 Å². The zero-order valence-corrected chi connectivity index (χ0v) is 14.1. The SMILES string of the molecule is CCOC(=O)c1c(NC(=O)c2cccnc2Cl)sc2c1CCC2. The summed E-state index contributed by atoms with van der Waals surface area (Å²) >= 11 is 7.39. The third kappa shape index (κ3) is 3.09. The molecular weight excluding hydrogens is 336 g/mol. The van der Waals surface area contributed by atoms with Gasteiger partial charge in [0.05, 0.1) is 17.7 Å². The number of hydrogen-bond donors (Lipinski definition) is 1. The van der Waals surface area contributed by atoms with Crippen LogP contribution in [0, 0.1) is 0 Å². The van der Waals surface area contributed by atoms with Crippen LogP contribution < -0.4 is 5.32 Å². The molecule has 2 aromatic heterocycles. The number of aromatic nitrogens is 1. The van der Waals surface area contributed by atoms with Crippen molar-refractivity contribution in [3.05, 3.63) is 45.1 Å². The summed E-state index contributed by atoms with van der Waals surface area (Å²) in [7, 11) is 0. The van der Waals surface area contributed by atoms with E-state index < -0.39 is 0 Å². The minimum absolute atomic E-state index is 0.131. The van der Waals surface area contributed by atoms with Gasteiger partial charge in [-0.1, -0.05) is 11.6 Å². The predicted molar refractivity (Wildman–Crippen MR) is 89.5 cm³/mol. The predicted octanol–water partition coefficient (Wildman–Crippen LogP) is 3.71. The van der Waals surface area contributed by atoms with Crippen LogP contribution in [0.2, 0.25) is 5.15 Å². The smallest absolute Gasteiger partial charge is 0.341 e. The number of nitrogens with one attached hydrogen (secondary N) is 1. The number of nitrogens with zero attached hydrogens (tertiary/aromatic N) is 1. The third-order valence-electron chi connectivity index (χ3n) is 3.63. The fourth-order valence-electron chi connectivity index (χ4n) is 2.64. The average Bonchev–Trinajstić information content (AvgIpc) is 3.08. The molecule has 1 N–H and O–H groups in total. The quantitative estimate of drug-likeness (QED) is 0.674. The van der Waals surface area contributed by atoms with Crippen LogP contribution in [-0.4, -0.2) is 23.5 Å². The van der Waals surface area contributed by atoms with E-state index in [9.17, 15) is 9.59 Å². The summed E-state index contributed by atoms with van der Waals surface area (Å²) in [6, 6.07) is 3.23. The molecule has 0 atom stereocenters. The van der Waals surface area contributed by atoms with E-state index in [1.54, 1.807) is 19.1 Å². The van der Waals surface area contributed by atoms with Crippen LogP contribution in [0.4, 0.5) is 5.00 Å². The van der Waals surface area contributed by atoms with Gasteiger partial charge in [-0.2, -0.15) is 0 Å². The zero-order valence-electron chi connectivity index (χ0n) is 12.5. The van der Waals surface area contributed by atoms with E-state index in [0.29, 0.717) is 17.2 Å². The molecule has 0 saturated carbocycles. The highest BCUT2D eigenvalue weighted by Crippen LogP contribution is 2.39. The van der Waals surface area contributed by atoms with Gasteiger partial charge in [0.15, 0.2) is 0 Å². The number of ether oxygens (including phenoxy) is 1. The summed E-state index contributed by atoms with van der Waals surface area (Å²) in [6.45, 7) is 2.06. The van der Waals surface area contributed by atoms with Crippen molar-refractivity contribution < 1.29 is 14.3 Å². The van der Waals surface area contributed by atoms with Crippen molar-refractivity contribution in [2.45, 2.75) is 26.2 Å². The lowest BCUT2D eigenvalue weighted by Gasteiger charge is -2.08. The fourth-order valence-corrected chi connectivity index (χ4v) is 4.11. The van der Waals surface area contributed by atoms with E-state index in [2.05, 4.69) is 10.3 Å². The van der Waals surface area contributed by atoms with Crippen molar-refractivity contribution in [2.75, 3.05) is 11.9 Å². The van der Waals surface area contributed by atoms with Crippen LogP contribution in [0.15, 0.2) is 18.3 Å². The second-order valence-electron chi connectivity index (χ2n) is 5.08. The molecule has 2 aromatic rings. The minimum Gasteiger partial charge on any atom is -0.462 e. The van der Waals surface area contributed by atoms with Gasteiger partial charge in [-0.3, -0.25) is 4.79 Å². The number of carbonyl (C=O) groups is 2.